The Morgan fingerprint density at radius 1 is 1.29 bits per heavy atom. The van der Waals surface area contributed by atoms with E-state index in [1.54, 1.807) is 6.26 Å². The van der Waals surface area contributed by atoms with E-state index in [1.807, 2.05) is 0 Å². The molecule has 4 nitrogen and oxygen atoms in total. The molecule has 0 aromatic carbocycles. The van der Waals surface area contributed by atoms with Gasteiger partial charge in [0.25, 0.3) is 0 Å². The summed E-state index contributed by atoms with van der Waals surface area (Å²) in [6, 6.07) is 0.478. The predicted octanol–water partition coefficient (Wildman–Crippen LogP) is -0.0195. The second-order valence-electron chi connectivity index (χ2n) is 5.07. The first kappa shape index (κ1) is 15.1. The molecule has 0 radical (unpaired) electrons. The van der Waals surface area contributed by atoms with Gasteiger partial charge in [0, 0.05) is 68.1 Å². The van der Waals surface area contributed by atoms with Crippen LogP contribution >= 0.6 is 0 Å². The lowest BCUT2D eigenvalue weighted by atomic mass is 10.2. The fraction of sp³-hybridized carbons (Fsp3) is 1.00. The van der Waals surface area contributed by atoms with Gasteiger partial charge >= 0.3 is 0 Å². The van der Waals surface area contributed by atoms with Crippen LogP contribution < -0.4 is 5.32 Å². The van der Waals surface area contributed by atoms with Gasteiger partial charge in [0.15, 0.2) is 0 Å². The largest absolute Gasteiger partial charge is 0.313 e. The number of likely N-dealkylation sites (N-methyl/N-ethyl adjacent to an activating group) is 1. The van der Waals surface area contributed by atoms with Gasteiger partial charge in [-0.05, 0) is 20.4 Å². The minimum Gasteiger partial charge on any atom is -0.313 e. The lowest BCUT2D eigenvalue weighted by molar-refractivity contribution is 0.154. The summed E-state index contributed by atoms with van der Waals surface area (Å²) in [4.78, 5) is 4.89. The molecule has 0 saturated carbocycles. The average Bonchev–Trinajstić information content (AvgIpc) is 2.29. The zero-order valence-corrected chi connectivity index (χ0v) is 12.3. The maximum absolute atomic E-state index is 11.0. The van der Waals surface area contributed by atoms with Crippen LogP contribution in [0.4, 0.5) is 0 Å². The Bertz CT molecular complexity index is 230. The van der Waals surface area contributed by atoms with Gasteiger partial charge in [-0.2, -0.15) is 0 Å². The lowest BCUT2D eigenvalue weighted by Crippen LogP contribution is -2.47. The summed E-state index contributed by atoms with van der Waals surface area (Å²) in [6.45, 7) is 9.09. The van der Waals surface area contributed by atoms with Crippen LogP contribution in [0.1, 0.15) is 13.3 Å². The number of hydrogen-bond donors (Lipinski definition) is 1. The molecular weight excluding hydrogens is 234 g/mol. The number of rotatable bonds is 7. The van der Waals surface area contributed by atoms with Crippen molar-refractivity contribution in [3.8, 4) is 0 Å². The Morgan fingerprint density at radius 2 is 1.94 bits per heavy atom. The Hall–Kier alpha value is 0.0300. The van der Waals surface area contributed by atoms with Crippen molar-refractivity contribution in [2.75, 3.05) is 58.3 Å². The molecule has 17 heavy (non-hydrogen) atoms. The maximum atomic E-state index is 11.0. The fourth-order valence-corrected chi connectivity index (χ4v) is 2.67. The monoisotopic (exact) mass is 261 g/mol. The average molecular weight is 261 g/mol. The van der Waals surface area contributed by atoms with Gasteiger partial charge in [-0.1, -0.05) is 0 Å². The van der Waals surface area contributed by atoms with E-state index >= 15 is 0 Å². The normalized spacial score (nSPS) is 22.5. The van der Waals surface area contributed by atoms with Crippen molar-refractivity contribution in [2.45, 2.75) is 19.4 Å². The smallest absolute Gasteiger partial charge is 0.0246 e. The van der Waals surface area contributed by atoms with Crippen LogP contribution in [0, 0.1) is 0 Å². The zero-order valence-electron chi connectivity index (χ0n) is 11.4. The van der Waals surface area contributed by atoms with Crippen LogP contribution in [0.3, 0.4) is 0 Å². The highest BCUT2D eigenvalue weighted by Crippen LogP contribution is 1.98. The fourth-order valence-electron chi connectivity index (χ4n) is 1.99. The molecule has 1 N–H and O–H groups in total. The molecule has 1 heterocycles. The van der Waals surface area contributed by atoms with Crippen LogP contribution in [-0.4, -0.2) is 78.4 Å². The molecule has 0 aliphatic carbocycles. The molecule has 102 valence electrons. The molecule has 1 rings (SSSR count). The van der Waals surface area contributed by atoms with Crippen molar-refractivity contribution < 1.29 is 4.21 Å². The molecule has 1 saturated heterocycles. The highest BCUT2D eigenvalue weighted by atomic mass is 32.2. The molecule has 5 heteroatoms. The minimum absolute atomic E-state index is 0.478. The topological polar surface area (TPSA) is 35.6 Å². The van der Waals surface area contributed by atoms with E-state index in [9.17, 15) is 4.21 Å². The van der Waals surface area contributed by atoms with Gasteiger partial charge in [0.2, 0.25) is 0 Å². The van der Waals surface area contributed by atoms with E-state index in [4.69, 9.17) is 0 Å². The van der Waals surface area contributed by atoms with Crippen molar-refractivity contribution >= 4 is 10.8 Å². The van der Waals surface area contributed by atoms with Gasteiger partial charge in [-0.3, -0.25) is 9.11 Å². The predicted molar refractivity (Wildman–Crippen MR) is 75.0 cm³/mol. The van der Waals surface area contributed by atoms with Gasteiger partial charge < -0.3 is 10.2 Å². The van der Waals surface area contributed by atoms with Crippen molar-refractivity contribution in [3.05, 3.63) is 0 Å². The molecule has 0 aromatic rings. The van der Waals surface area contributed by atoms with E-state index in [0.29, 0.717) is 6.04 Å². The van der Waals surface area contributed by atoms with E-state index < -0.39 is 10.8 Å². The van der Waals surface area contributed by atoms with Crippen LogP contribution in [-0.2, 0) is 10.8 Å². The lowest BCUT2D eigenvalue weighted by Gasteiger charge is -2.32. The Labute approximate surface area is 108 Å². The van der Waals surface area contributed by atoms with Crippen molar-refractivity contribution in [1.29, 1.82) is 0 Å². The highest BCUT2D eigenvalue weighted by molar-refractivity contribution is 7.84. The first-order valence-corrected chi connectivity index (χ1v) is 8.25. The standard InChI is InChI=1S/C12H27N3OS/c1-12(4-11-17(3)16)13-5-6-15-9-7-14(2)8-10-15/h12-13H,4-11H2,1-3H3. The first-order chi connectivity index (χ1) is 8.08. The molecule has 0 amide bonds. The summed E-state index contributed by atoms with van der Waals surface area (Å²) in [5.74, 6) is 0.808. The number of nitrogens with zero attached hydrogens (tertiary/aromatic N) is 2. The van der Waals surface area contributed by atoms with E-state index in [1.165, 1.54) is 26.2 Å². The molecule has 2 unspecified atom stereocenters. The SMILES string of the molecule is CC(CCS(C)=O)NCCN1CCN(C)CC1. The molecule has 0 bridgehead atoms. The molecule has 1 aliphatic rings. The summed E-state index contributed by atoms with van der Waals surface area (Å²) in [5, 5.41) is 3.51. The molecular formula is C12H27N3OS. The van der Waals surface area contributed by atoms with Gasteiger partial charge in [0.1, 0.15) is 0 Å². The summed E-state index contributed by atoms with van der Waals surface area (Å²) in [7, 11) is 1.53. The number of hydrogen-bond acceptors (Lipinski definition) is 4. The Balaban J connectivity index is 2.01. The van der Waals surface area contributed by atoms with E-state index in [-0.39, 0.29) is 0 Å². The maximum Gasteiger partial charge on any atom is 0.0246 e. The molecule has 0 spiro atoms. The third-order valence-corrected chi connectivity index (χ3v) is 4.17. The summed E-state index contributed by atoms with van der Waals surface area (Å²) in [5.41, 5.74) is 0. The molecule has 2 atom stereocenters. The van der Waals surface area contributed by atoms with Crippen LogP contribution in [0.2, 0.25) is 0 Å². The summed E-state index contributed by atoms with van der Waals surface area (Å²) in [6.07, 6.45) is 2.78. The molecule has 0 aromatic heterocycles. The minimum atomic E-state index is -0.656. The quantitative estimate of drug-likeness (QED) is 0.699. The Morgan fingerprint density at radius 3 is 2.53 bits per heavy atom. The third kappa shape index (κ3) is 7.13. The first-order valence-electron chi connectivity index (χ1n) is 6.52. The van der Waals surface area contributed by atoms with Crippen molar-refractivity contribution in [3.63, 3.8) is 0 Å². The van der Waals surface area contributed by atoms with Crippen molar-refractivity contribution in [2.24, 2.45) is 0 Å². The van der Waals surface area contributed by atoms with E-state index in [2.05, 4.69) is 29.1 Å². The summed E-state index contributed by atoms with van der Waals surface area (Å²) >= 11 is 0. The second kappa shape index (κ2) is 8.19. The van der Waals surface area contributed by atoms with Gasteiger partial charge in [-0.25, -0.2) is 0 Å². The number of nitrogens with one attached hydrogen (secondary N) is 1. The van der Waals surface area contributed by atoms with Crippen molar-refractivity contribution in [1.82, 2.24) is 15.1 Å². The second-order valence-corrected chi connectivity index (χ2v) is 6.62. The molecule has 1 fully saturated rings. The summed E-state index contributed by atoms with van der Waals surface area (Å²) < 4.78 is 11.0. The molecule has 1 aliphatic heterocycles. The third-order valence-electron chi connectivity index (χ3n) is 3.36. The van der Waals surface area contributed by atoms with Crippen LogP contribution in [0.15, 0.2) is 0 Å². The van der Waals surface area contributed by atoms with E-state index in [0.717, 1.165) is 25.3 Å². The van der Waals surface area contributed by atoms with Crippen LogP contribution in [0.5, 0.6) is 0 Å². The van der Waals surface area contributed by atoms with Crippen LogP contribution in [0.25, 0.3) is 0 Å². The van der Waals surface area contributed by atoms with Gasteiger partial charge in [0.05, 0.1) is 0 Å². The highest BCUT2D eigenvalue weighted by Gasteiger charge is 2.13. The Kier molecular flexibility index (Phi) is 7.27. The van der Waals surface area contributed by atoms with Gasteiger partial charge in [-0.15, -0.1) is 0 Å². The number of piperazine rings is 1. The zero-order chi connectivity index (χ0) is 12.7.